The Labute approximate surface area is 136 Å². The highest BCUT2D eigenvalue weighted by atomic mass is 16.3. The molecule has 5 rings (SSSR count). The van der Waals surface area contributed by atoms with Crippen LogP contribution in [-0.2, 0) is 0 Å². The standard InChI is InChI=1S/C20H12O4/c21-17-15-12-8-4-2-6-10(12)13-9-5-1-3-7-11(9)14(13)16(15)18(22)20(24)19(17)23/h1-8,21-24H. The average molecular weight is 316 g/mol. The van der Waals surface area contributed by atoms with Gasteiger partial charge in [0.15, 0.2) is 11.5 Å². The van der Waals surface area contributed by atoms with Crippen LogP contribution in [0.15, 0.2) is 48.5 Å². The van der Waals surface area contributed by atoms with Gasteiger partial charge in [-0.3, -0.25) is 0 Å². The molecular weight excluding hydrogens is 304 g/mol. The highest BCUT2D eigenvalue weighted by Gasteiger charge is 2.32. The normalized spacial score (nSPS) is 12.0. The molecule has 1 aliphatic rings. The summed E-state index contributed by atoms with van der Waals surface area (Å²) >= 11 is 0. The lowest BCUT2D eigenvalue weighted by molar-refractivity contribution is 0.351. The number of phenolic OH excluding ortho intramolecular Hbond substituents is 4. The van der Waals surface area contributed by atoms with Gasteiger partial charge in [0, 0.05) is 16.3 Å². The van der Waals surface area contributed by atoms with Crippen LogP contribution in [0.2, 0.25) is 0 Å². The molecule has 4 aromatic rings. The first-order valence-corrected chi connectivity index (χ1v) is 7.55. The second kappa shape index (κ2) is 4.11. The lowest BCUT2D eigenvalue weighted by atomic mass is 9.74. The van der Waals surface area contributed by atoms with Crippen molar-refractivity contribution in [2.24, 2.45) is 0 Å². The van der Waals surface area contributed by atoms with E-state index in [0.29, 0.717) is 16.2 Å². The van der Waals surface area contributed by atoms with Crippen molar-refractivity contribution in [3.8, 4) is 45.3 Å². The number of hydrogen-bond donors (Lipinski definition) is 4. The molecule has 0 saturated carbocycles. The Morgan fingerprint density at radius 1 is 0.458 bits per heavy atom. The first-order chi connectivity index (χ1) is 11.6. The van der Waals surface area contributed by atoms with Crippen molar-refractivity contribution in [2.45, 2.75) is 0 Å². The van der Waals surface area contributed by atoms with Gasteiger partial charge >= 0.3 is 0 Å². The highest BCUT2D eigenvalue weighted by molar-refractivity contribution is 6.31. The molecule has 0 bridgehead atoms. The van der Waals surface area contributed by atoms with Crippen molar-refractivity contribution < 1.29 is 20.4 Å². The summed E-state index contributed by atoms with van der Waals surface area (Å²) in [5.41, 5.74) is 3.77. The smallest absolute Gasteiger partial charge is 0.204 e. The molecule has 0 fully saturated rings. The summed E-state index contributed by atoms with van der Waals surface area (Å²) in [4.78, 5) is 0. The van der Waals surface area contributed by atoms with Crippen LogP contribution in [0.4, 0.5) is 0 Å². The van der Waals surface area contributed by atoms with Crippen LogP contribution < -0.4 is 0 Å². The molecule has 0 saturated heterocycles. The van der Waals surface area contributed by atoms with E-state index in [0.717, 1.165) is 27.6 Å². The molecule has 0 heterocycles. The van der Waals surface area contributed by atoms with Gasteiger partial charge < -0.3 is 20.4 Å². The third kappa shape index (κ3) is 1.30. The van der Waals surface area contributed by atoms with Crippen LogP contribution in [0.25, 0.3) is 43.8 Å². The molecule has 116 valence electrons. The molecule has 4 aromatic carbocycles. The quantitative estimate of drug-likeness (QED) is 0.193. The van der Waals surface area contributed by atoms with Crippen molar-refractivity contribution >= 4 is 21.5 Å². The topological polar surface area (TPSA) is 80.9 Å². The molecule has 0 radical (unpaired) electrons. The van der Waals surface area contributed by atoms with E-state index < -0.39 is 23.0 Å². The predicted octanol–water partition coefficient (Wildman–Crippen LogP) is 4.46. The van der Waals surface area contributed by atoms with Gasteiger partial charge in [0.1, 0.15) is 0 Å². The summed E-state index contributed by atoms with van der Waals surface area (Å²) < 4.78 is 0. The average Bonchev–Trinajstić information content (AvgIpc) is 2.60. The van der Waals surface area contributed by atoms with E-state index in [1.54, 1.807) is 0 Å². The van der Waals surface area contributed by atoms with Crippen molar-refractivity contribution in [1.82, 2.24) is 0 Å². The zero-order chi connectivity index (χ0) is 16.6. The fraction of sp³-hybridized carbons (Fsp3) is 0. The molecule has 0 atom stereocenters. The summed E-state index contributed by atoms with van der Waals surface area (Å²) in [6.07, 6.45) is 0. The third-order valence-corrected chi connectivity index (χ3v) is 4.83. The molecule has 0 aliphatic heterocycles. The molecule has 1 aliphatic carbocycles. The molecule has 24 heavy (non-hydrogen) atoms. The molecule has 0 aromatic heterocycles. The zero-order valence-electron chi connectivity index (χ0n) is 12.4. The zero-order valence-corrected chi connectivity index (χ0v) is 12.4. The maximum atomic E-state index is 10.5. The lowest BCUT2D eigenvalue weighted by Crippen LogP contribution is -2.01. The van der Waals surface area contributed by atoms with Gasteiger partial charge in [-0.25, -0.2) is 0 Å². The SMILES string of the molecule is Oc1c(O)c(O)c2c(c1O)c1c(c3ccccc32)-c2ccccc2-1. The Kier molecular flexibility index (Phi) is 2.24. The molecule has 4 nitrogen and oxygen atoms in total. The molecule has 0 spiro atoms. The number of rotatable bonds is 0. The largest absolute Gasteiger partial charge is 0.504 e. The second-order valence-corrected chi connectivity index (χ2v) is 5.99. The number of fused-ring (bicyclic) bond motifs is 9. The molecule has 0 amide bonds. The van der Waals surface area contributed by atoms with E-state index in [9.17, 15) is 20.4 Å². The minimum Gasteiger partial charge on any atom is -0.504 e. The minimum atomic E-state index is -0.710. The van der Waals surface area contributed by atoms with Crippen LogP contribution in [0, 0.1) is 0 Å². The van der Waals surface area contributed by atoms with Gasteiger partial charge in [0.05, 0.1) is 0 Å². The number of aromatic hydroxyl groups is 4. The van der Waals surface area contributed by atoms with Gasteiger partial charge in [0.25, 0.3) is 0 Å². The number of hydrogen-bond acceptors (Lipinski definition) is 4. The maximum absolute atomic E-state index is 10.5. The van der Waals surface area contributed by atoms with E-state index >= 15 is 0 Å². The first-order valence-electron chi connectivity index (χ1n) is 7.55. The molecular formula is C20H12O4. The van der Waals surface area contributed by atoms with Gasteiger partial charge in [-0.15, -0.1) is 0 Å². The first kappa shape index (κ1) is 13.1. The van der Waals surface area contributed by atoms with E-state index in [-0.39, 0.29) is 0 Å². The predicted molar refractivity (Wildman–Crippen MR) is 92.5 cm³/mol. The summed E-state index contributed by atoms with van der Waals surface area (Å²) in [5, 5.41) is 43.2. The molecule has 4 N–H and O–H groups in total. The minimum absolute atomic E-state index is 0.339. The Morgan fingerprint density at radius 2 is 0.958 bits per heavy atom. The third-order valence-electron chi connectivity index (χ3n) is 4.83. The van der Waals surface area contributed by atoms with Crippen LogP contribution in [0.3, 0.4) is 0 Å². The van der Waals surface area contributed by atoms with E-state index in [2.05, 4.69) is 0 Å². The van der Waals surface area contributed by atoms with Crippen molar-refractivity contribution in [1.29, 1.82) is 0 Å². The van der Waals surface area contributed by atoms with Gasteiger partial charge in [-0.1, -0.05) is 48.5 Å². The Bertz CT molecular complexity index is 1190. The monoisotopic (exact) mass is 316 g/mol. The van der Waals surface area contributed by atoms with Gasteiger partial charge in [-0.05, 0) is 27.5 Å². The summed E-state index contributed by atoms with van der Waals surface area (Å²) in [7, 11) is 0. The maximum Gasteiger partial charge on any atom is 0.204 e. The van der Waals surface area contributed by atoms with E-state index in [1.807, 2.05) is 48.5 Å². The fourth-order valence-electron chi connectivity index (χ4n) is 3.79. The summed E-state index contributed by atoms with van der Waals surface area (Å²) in [6.45, 7) is 0. The molecule has 4 heteroatoms. The Morgan fingerprint density at radius 3 is 1.62 bits per heavy atom. The second-order valence-electron chi connectivity index (χ2n) is 5.99. The summed E-state index contributed by atoms with van der Waals surface area (Å²) in [6, 6.07) is 15.3. The lowest BCUT2D eigenvalue weighted by Gasteiger charge is -2.29. The van der Waals surface area contributed by atoms with E-state index in [1.165, 1.54) is 0 Å². The van der Waals surface area contributed by atoms with Crippen LogP contribution in [0.5, 0.6) is 23.0 Å². The van der Waals surface area contributed by atoms with Crippen molar-refractivity contribution in [3.63, 3.8) is 0 Å². The Hall–Kier alpha value is -3.40. The van der Waals surface area contributed by atoms with Crippen LogP contribution in [-0.4, -0.2) is 20.4 Å². The highest BCUT2D eigenvalue weighted by Crippen LogP contribution is 2.60. The van der Waals surface area contributed by atoms with Crippen molar-refractivity contribution in [3.05, 3.63) is 48.5 Å². The number of benzene rings is 4. The van der Waals surface area contributed by atoms with Crippen molar-refractivity contribution in [2.75, 3.05) is 0 Å². The summed E-state index contributed by atoms with van der Waals surface area (Å²) in [5.74, 6) is -2.26. The molecule has 0 unspecified atom stereocenters. The Balaban J connectivity index is 2.15. The van der Waals surface area contributed by atoms with E-state index in [4.69, 9.17) is 0 Å². The van der Waals surface area contributed by atoms with Crippen LogP contribution >= 0.6 is 0 Å². The van der Waals surface area contributed by atoms with Gasteiger partial charge in [-0.2, -0.15) is 0 Å². The van der Waals surface area contributed by atoms with Crippen LogP contribution in [0.1, 0.15) is 0 Å². The van der Waals surface area contributed by atoms with Gasteiger partial charge in [0.2, 0.25) is 11.5 Å². The fourth-order valence-corrected chi connectivity index (χ4v) is 3.79. The number of phenols is 4.